The van der Waals surface area contributed by atoms with Crippen LogP contribution in [0.2, 0.25) is 0 Å². The number of rotatable bonds is 2. The molecule has 0 fully saturated rings. The Morgan fingerprint density at radius 1 is 1.00 bits per heavy atom. The molecule has 2 nitrogen and oxygen atoms in total. The van der Waals surface area contributed by atoms with E-state index in [0.717, 1.165) is 28.6 Å². The van der Waals surface area contributed by atoms with Crippen molar-refractivity contribution >= 4 is 10.9 Å². The van der Waals surface area contributed by atoms with Gasteiger partial charge in [0.2, 0.25) is 0 Å². The number of nitrogens with zero attached hydrogens (tertiary/aromatic N) is 1. The molecule has 0 bridgehead atoms. The van der Waals surface area contributed by atoms with E-state index in [4.69, 9.17) is 0 Å². The van der Waals surface area contributed by atoms with Crippen LogP contribution in [-0.4, -0.2) is 10.1 Å². The molecule has 2 heteroatoms. The van der Waals surface area contributed by atoms with Gasteiger partial charge in [-0.05, 0) is 29.7 Å². The van der Waals surface area contributed by atoms with Gasteiger partial charge in [0.1, 0.15) is 11.3 Å². The highest BCUT2D eigenvalue weighted by atomic mass is 16.3. The Hall–Kier alpha value is -2.35. The van der Waals surface area contributed by atoms with Crippen molar-refractivity contribution in [1.29, 1.82) is 0 Å². The van der Waals surface area contributed by atoms with E-state index in [1.165, 1.54) is 0 Å². The van der Waals surface area contributed by atoms with Crippen LogP contribution in [0.5, 0.6) is 5.75 Å². The molecule has 0 atom stereocenters. The molecule has 1 heterocycles. The third kappa shape index (κ3) is 2.06. The lowest BCUT2D eigenvalue weighted by Gasteiger charge is -2.10. The van der Waals surface area contributed by atoms with Crippen molar-refractivity contribution in [2.45, 2.75) is 13.3 Å². The van der Waals surface area contributed by atoms with E-state index in [1.807, 2.05) is 30.3 Å². The summed E-state index contributed by atoms with van der Waals surface area (Å²) in [6, 6.07) is 17.9. The number of benzene rings is 2. The van der Waals surface area contributed by atoms with Crippen molar-refractivity contribution in [3.63, 3.8) is 0 Å². The summed E-state index contributed by atoms with van der Waals surface area (Å²) in [6.07, 6.45) is 0.851. The zero-order valence-corrected chi connectivity index (χ0v) is 10.8. The molecule has 3 rings (SSSR count). The molecule has 19 heavy (non-hydrogen) atoms. The monoisotopic (exact) mass is 249 g/mol. The van der Waals surface area contributed by atoms with Crippen LogP contribution in [0, 0.1) is 0 Å². The Bertz CT molecular complexity index is 720. The fraction of sp³-hybridized carbons (Fsp3) is 0.118. The fourth-order valence-electron chi connectivity index (χ4n) is 2.32. The Kier molecular flexibility index (Phi) is 2.92. The second-order valence-corrected chi connectivity index (χ2v) is 4.55. The van der Waals surface area contributed by atoms with E-state index in [-0.39, 0.29) is 5.75 Å². The molecule has 0 saturated heterocycles. The number of hydrogen-bond acceptors (Lipinski definition) is 2. The smallest absolute Gasteiger partial charge is 0.141 e. The van der Waals surface area contributed by atoms with Gasteiger partial charge >= 0.3 is 0 Å². The fourth-order valence-corrected chi connectivity index (χ4v) is 2.32. The molecule has 0 spiro atoms. The largest absolute Gasteiger partial charge is 0.506 e. The number of pyridine rings is 1. The van der Waals surface area contributed by atoms with Gasteiger partial charge in [-0.3, -0.25) is 0 Å². The van der Waals surface area contributed by atoms with Crippen LogP contribution in [0.3, 0.4) is 0 Å². The average Bonchev–Trinajstić information content (AvgIpc) is 2.48. The predicted molar refractivity (Wildman–Crippen MR) is 78.2 cm³/mol. The van der Waals surface area contributed by atoms with Gasteiger partial charge in [-0.1, -0.05) is 49.4 Å². The van der Waals surface area contributed by atoms with Crippen molar-refractivity contribution in [3.8, 4) is 16.9 Å². The number of aryl methyl sites for hydroxylation is 1. The number of phenolic OH excluding ortho intramolecular Hbond substituents is 1. The number of phenols is 1. The van der Waals surface area contributed by atoms with Gasteiger partial charge in [-0.2, -0.15) is 0 Å². The summed E-state index contributed by atoms with van der Waals surface area (Å²) in [4.78, 5) is 4.53. The summed E-state index contributed by atoms with van der Waals surface area (Å²) in [5.41, 5.74) is 3.95. The highest BCUT2D eigenvalue weighted by Crippen LogP contribution is 2.32. The van der Waals surface area contributed by atoms with E-state index < -0.39 is 0 Å². The lowest BCUT2D eigenvalue weighted by Crippen LogP contribution is -1.92. The van der Waals surface area contributed by atoms with Gasteiger partial charge < -0.3 is 5.11 Å². The van der Waals surface area contributed by atoms with Gasteiger partial charge in [0.15, 0.2) is 0 Å². The molecular formula is C17H15NO. The first-order valence-corrected chi connectivity index (χ1v) is 6.46. The number of hydrogen-bond donors (Lipinski definition) is 1. The first-order valence-electron chi connectivity index (χ1n) is 6.46. The van der Waals surface area contributed by atoms with Crippen molar-refractivity contribution in [2.75, 3.05) is 0 Å². The summed E-state index contributed by atoms with van der Waals surface area (Å²) >= 11 is 0. The van der Waals surface area contributed by atoms with Crippen LogP contribution in [0.25, 0.3) is 22.0 Å². The van der Waals surface area contributed by atoms with Crippen LogP contribution in [0.15, 0.2) is 54.6 Å². The number of aromatic hydroxyl groups is 1. The van der Waals surface area contributed by atoms with Crippen LogP contribution in [0.4, 0.5) is 0 Å². The topological polar surface area (TPSA) is 33.1 Å². The van der Waals surface area contributed by atoms with E-state index in [2.05, 4.69) is 30.1 Å². The van der Waals surface area contributed by atoms with Crippen molar-refractivity contribution in [2.24, 2.45) is 0 Å². The minimum absolute atomic E-state index is 0.241. The maximum absolute atomic E-state index is 10.0. The molecule has 0 radical (unpaired) electrons. The van der Waals surface area contributed by atoms with Crippen LogP contribution < -0.4 is 0 Å². The van der Waals surface area contributed by atoms with E-state index in [1.54, 1.807) is 6.07 Å². The SMILES string of the molecule is CCc1cc(-c2ccccc2)c2cccc(O)c2n1. The minimum Gasteiger partial charge on any atom is -0.506 e. The molecule has 1 aromatic heterocycles. The molecule has 94 valence electrons. The second kappa shape index (κ2) is 4.73. The molecule has 3 aromatic rings. The van der Waals surface area contributed by atoms with Gasteiger partial charge in [0.05, 0.1) is 0 Å². The maximum Gasteiger partial charge on any atom is 0.141 e. The molecule has 0 aliphatic heterocycles. The highest BCUT2D eigenvalue weighted by molar-refractivity contribution is 5.97. The van der Waals surface area contributed by atoms with Crippen LogP contribution in [0.1, 0.15) is 12.6 Å². The van der Waals surface area contributed by atoms with Crippen LogP contribution in [-0.2, 0) is 6.42 Å². The maximum atomic E-state index is 10.0. The third-order valence-electron chi connectivity index (χ3n) is 3.32. The summed E-state index contributed by atoms with van der Waals surface area (Å²) in [6.45, 7) is 2.07. The predicted octanol–water partition coefficient (Wildman–Crippen LogP) is 4.17. The van der Waals surface area contributed by atoms with E-state index in [0.29, 0.717) is 5.52 Å². The molecule has 0 aliphatic rings. The number of fused-ring (bicyclic) bond motifs is 1. The number of para-hydroxylation sites is 1. The third-order valence-corrected chi connectivity index (χ3v) is 3.32. The molecule has 0 saturated carbocycles. The lowest BCUT2D eigenvalue weighted by molar-refractivity contribution is 0.480. The number of aromatic nitrogens is 1. The zero-order valence-electron chi connectivity index (χ0n) is 10.8. The summed E-state index contributed by atoms with van der Waals surface area (Å²) < 4.78 is 0. The molecule has 0 unspecified atom stereocenters. The standard InChI is InChI=1S/C17H15NO/c1-2-13-11-15(12-7-4-3-5-8-12)14-9-6-10-16(19)17(14)18-13/h3-11,19H,2H2,1H3. The minimum atomic E-state index is 0.241. The highest BCUT2D eigenvalue weighted by Gasteiger charge is 2.09. The van der Waals surface area contributed by atoms with Crippen molar-refractivity contribution < 1.29 is 5.11 Å². The Labute approximate surface area is 112 Å². The average molecular weight is 249 g/mol. The van der Waals surface area contributed by atoms with Gasteiger partial charge in [0, 0.05) is 11.1 Å². The first kappa shape index (κ1) is 11.7. The molecular weight excluding hydrogens is 234 g/mol. The summed E-state index contributed by atoms with van der Waals surface area (Å²) in [7, 11) is 0. The second-order valence-electron chi connectivity index (χ2n) is 4.55. The lowest BCUT2D eigenvalue weighted by atomic mass is 9.99. The Balaban J connectivity index is 2.37. The molecule has 0 aliphatic carbocycles. The van der Waals surface area contributed by atoms with Gasteiger partial charge in [-0.25, -0.2) is 4.98 Å². The van der Waals surface area contributed by atoms with Crippen molar-refractivity contribution in [1.82, 2.24) is 4.98 Å². The quantitative estimate of drug-likeness (QED) is 0.739. The molecule has 0 amide bonds. The van der Waals surface area contributed by atoms with E-state index in [9.17, 15) is 5.11 Å². The Morgan fingerprint density at radius 3 is 2.53 bits per heavy atom. The summed E-state index contributed by atoms with van der Waals surface area (Å²) in [5.74, 6) is 0.241. The normalized spacial score (nSPS) is 10.8. The van der Waals surface area contributed by atoms with Gasteiger partial charge in [-0.15, -0.1) is 0 Å². The summed E-state index contributed by atoms with van der Waals surface area (Å²) in [5, 5.41) is 11.0. The van der Waals surface area contributed by atoms with Crippen molar-refractivity contribution in [3.05, 3.63) is 60.3 Å². The molecule has 1 N–H and O–H groups in total. The van der Waals surface area contributed by atoms with E-state index >= 15 is 0 Å². The zero-order chi connectivity index (χ0) is 13.2. The first-order chi connectivity index (χ1) is 9.29. The van der Waals surface area contributed by atoms with Gasteiger partial charge in [0.25, 0.3) is 0 Å². The Morgan fingerprint density at radius 2 is 1.79 bits per heavy atom. The molecule has 2 aromatic carbocycles. The van der Waals surface area contributed by atoms with Crippen LogP contribution >= 0.6 is 0 Å².